The Balaban J connectivity index is 1.75. The average Bonchev–Trinajstić information content (AvgIpc) is 2.80. The van der Waals surface area contributed by atoms with Gasteiger partial charge in [-0.3, -0.25) is 14.7 Å². The maximum absolute atomic E-state index is 13.4. The summed E-state index contributed by atoms with van der Waals surface area (Å²) in [5.74, 6) is 1.04. The van der Waals surface area contributed by atoms with Crippen LogP contribution in [-0.2, 0) is 7.05 Å². The highest BCUT2D eigenvalue weighted by atomic mass is 19.4. The minimum absolute atomic E-state index is 0.209. The summed E-state index contributed by atoms with van der Waals surface area (Å²) in [4.78, 5) is 18.7. The molecule has 0 spiro atoms. The van der Waals surface area contributed by atoms with Crippen molar-refractivity contribution in [3.63, 3.8) is 0 Å². The summed E-state index contributed by atoms with van der Waals surface area (Å²) in [6.45, 7) is 8.06. The van der Waals surface area contributed by atoms with E-state index < -0.39 is 6.36 Å². The molecule has 3 aromatic rings. The van der Waals surface area contributed by atoms with Crippen molar-refractivity contribution in [2.75, 3.05) is 13.1 Å². The van der Waals surface area contributed by atoms with E-state index in [0.717, 1.165) is 25.9 Å². The molecule has 1 unspecified atom stereocenters. The molecule has 8 heteroatoms. The maximum Gasteiger partial charge on any atom is 0.573 e. The zero-order valence-corrected chi connectivity index (χ0v) is 19.9. The molecule has 0 N–H and O–H groups in total. The molecule has 182 valence electrons. The molecule has 1 aliphatic heterocycles. The third kappa shape index (κ3) is 4.97. The Morgan fingerprint density at radius 1 is 1.09 bits per heavy atom. The number of benzene rings is 1. The summed E-state index contributed by atoms with van der Waals surface area (Å²) < 4.78 is 46.1. The fourth-order valence-electron chi connectivity index (χ4n) is 4.97. The van der Waals surface area contributed by atoms with E-state index >= 15 is 0 Å². The highest BCUT2D eigenvalue weighted by Gasteiger charge is 2.34. The van der Waals surface area contributed by atoms with Gasteiger partial charge in [-0.1, -0.05) is 26.0 Å². The van der Waals surface area contributed by atoms with Gasteiger partial charge in [0.25, 0.3) is 5.56 Å². The molecular weight excluding hydrogens is 443 g/mol. The minimum atomic E-state index is -4.81. The molecule has 1 aromatic carbocycles. The van der Waals surface area contributed by atoms with E-state index in [-0.39, 0.29) is 17.4 Å². The summed E-state index contributed by atoms with van der Waals surface area (Å²) in [5.41, 5.74) is 1.47. The molecule has 4 rings (SSSR count). The Kier molecular flexibility index (Phi) is 6.71. The van der Waals surface area contributed by atoms with Crippen molar-refractivity contribution in [2.24, 2.45) is 18.9 Å². The summed E-state index contributed by atoms with van der Waals surface area (Å²) in [7, 11) is 1.61. The lowest BCUT2D eigenvalue weighted by atomic mass is 9.86. The lowest BCUT2D eigenvalue weighted by molar-refractivity contribution is -0.275. The summed E-state index contributed by atoms with van der Waals surface area (Å²) in [6.07, 6.45) is 1.94. The molecule has 1 atom stereocenters. The van der Waals surface area contributed by atoms with E-state index in [2.05, 4.69) is 28.5 Å². The van der Waals surface area contributed by atoms with E-state index in [0.29, 0.717) is 39.3 Å². The first-order valence-electron chi connectivity index (χ1n) is 11.6. The Morgan fingerprint density at radius 2 is 1.79 bits per heavy atom. The molecule has 1 aliphatic rings. The quantitative estimate of drug-likeness (QED) is 0.461. The second-order valence-corrected chi connectivity index (χ2v) is 9.47. The third-order valence-electron chi connectivity index (χ3n) is 7.05. The van der Waals surface area contributed by atoms with Crippen LogP contribution in [0.25, 0.3) is 21.9 Å². The molecule has 5 nitrogen and oxygen atoms in total. The van der Waals surface area contributed by atoms with Crippen LogP contribution in [0.4, 0.5) is 13.2 Å². The topological polar surface area (TPSA) is 47.4 Å². The molecule has 0 bridgehead atoms. The summed E-state index contributed by atoms with van der Waals surface area (Å²) in [5, 5.41) is 1.04. The first-order valence-corrected chi connectivity index (χ1v) is 11.6. The van der Waals surface area contributed by atoms with Gasteiger partial charge >= 0.3 is 6.36 Å². The standard InChI is InChI=1S/C26H30F3N3O2/c1-16(2)18-8-11-32(12-9-18)17(3)20-6-5-19(13-24(20)34-26(27,28)29)23-15-31(4)25(33)22-14-30-10-7-21(22)23/h5-7,10,13-18H,8-9,11-12H2,1-4H3. The number of aryl methyl sites for hydroxylation is 1. The molecule has 2 aromatic heterocycles. The van der Waals surface area contributed by atoms with Crippen LogP contribution in [0.3, 0.4) is 0 Å². The number of pyridine rings is 2. The second-order valence-electron chi connectivity index (χ2n) is 9.47. The van der Waals surface area contributed by atoms with Crippen molar-refractivity contribution in [1.82, 2.24) is 14.5 Å². The van der Waals surface area contributed by atoms with Gasteiger partial charge in [-0.05, 0) is 67.8 Å². The van der Waals surface area contributed by atoms with E-state index in [1.165, 1.54) is 16.8 Å². The van der Waals surface area contributed by atoms with Gasteiger partial charge in [0.15, 0.2) is 0 Å². The first-order chi connectivity index (χ1) is 16.0. The van der Waals surface area contributed by atoms with Gasteiger partial charge < -0.3 is 9.30 Å². The monoisotopic (exact) mass is 473 g/mol. The number of hydrogen-bond donors (Lipinski definition) is 0. The second kappa shape index (κ2) is 9.41. The summed E-state index contributed by atoms with van der Waals surface area (Å²) >= 11 is 0. The van der Waals surface area contributed by atoms with Gasteiger partial charge in [-0.25, -0.2) is 0 Å². The minimum Gasteiger partial charge on any atom is -0.405 e. The fourth-order valence-corrected chi connectivity index (χ4v) is 4.97. The highest BCUT2D eigenvalue weighted by Crippen LogP contribution is 2.39. The maximum atomic E-state index is 13.4. The number of nitrogens with zero attached hydrogens (tertiary/aromatic N) is 3. The molecule has 1 saturated heterocycles. The number of likely N-dealkylation sites (tertiary alicyclic amines) is 1. The number of rotatable bonds is 5. The van der Waals surface area contributed by atoms with Crippen LogP contribution in [0.2, 0.25) is 0 Å². The van der Waals surface area contributed by atoms with Crippen molar-refractivity contribution in [1.29, 1.82) is 0 Å². The van der Waals surface area contributed by atoms with E-state index in [1.807, 2.05) is 6.92 Å². The van der Waals surface area contributed by atoms with Gasteiger partial charge in [-0.2, -0.15) is 0 Å². The number of piperidine rings is 1. The van der Waals surface area contributed by atoms with Crippen molar-refractivity contribution in [2.45, 2.75) is 46.0 Å². The Bertz CT molecular complexity index is 1230. The average molecular weight is 474 g/mol. The molecule has 34 heavy (non-hydrogen) atoms. The predicted molar refractivity (Wildman–Crippen MR) is 127 cm³/mol. The fraction of sp³-hybridized carbons (Fsp3) is 0.462. The predicted octanol–water partition coefficient (Wildman–Crippen LogP) is 5.93. The van der Waals surface area contributed by atoms with E-state index in [9.17, 15) is 18.0 Å². The van der Waals surface area contributed by atoms with Crippen LogP contribution < -0.4 is 10.3 Å². The first kappa shape index (κ1) is 24.3. The highest BCUT2D eigenvalue weighted by molar-refractivity contribution is 5.95. The lowest BCUT2D eigenvalue weighted by Crippen LogP contribution is -2.37. The molecule has 1 fully saturated rings. The van der Waals surface area contributed by atoms with Crippen LogP contribution in [-0.4, -0.2) is 33.9 Å². The van der Waals surface area contributed by atoms with Crippen molar-refractivity contribution in [3.8, 4) is 16.9 Å². The Morgan fingerprint density at radius 3 is 2.44 bits per heavy atom. The molecule has 0 radical (unpaired) electrons. The summed E-state index contributed by atoms with van der Waals surface area (Å²) in [6, 6.07) is 6.43. The van der Waals surface area contributed by atoms with Crippen molar-refractivity contribution < 1.29 is 17.9 Å². The number of aromatic nitrogens is 2. The zero-order valence-electron chi connectivity index (χ0n) is 19.9. The SMILES string of the molecule is CC(C)C1CCN(C(C)c2ccc(-c3cn(C)c(=O)c4cnccc34)cc2OC(F)(F)F)CC1. The molecule has 0 saturated carbocycles. The smallest absolute Gasteiger partial charge is 0.405 e. The molecular formula is C26H30F3N3O2. The van der Waals surface area contributed by atoms with Gasteiger partial charge in [-0.15, -0.1) is 13.2 Å². The van der Waals surface area contributed by atoms with Crippen LogP contribution in [0.1, 0.15) is 45.2 Å². The van der Waals surface area contributed by atoms with Crippen molar-refractivity contribution in [3.05, 3.63) is 58.8 Å². The normalized spacial score (nSPS) is 16.8. The number of fused-ring (bicyclic) bond motifs is 1. The van der Waals surface area contributed by atoms with Crippen molar-refractivity contribution >= 4 is 10.8 Å². The van der Waals surface area contributed by atoms with Crippen LogP contribution in [0.5, 0.6) is 5.75 Å². The number of alkyl halides is 3. The third-order valence-corrected chi connectivity index (χ3v) is 7.05. The number of halogens is 3. The zero-order chi connectivity index (χ0) is 24.6. The number of hydrogen-bond acceptors (Lipinski definition) is 4. The Labute approximate surface area is 197 Å². The van der Waals surface area contributed by atoms with Crippen LogP contribution >= 0.6 is 0 Å². The van der Waals surface area contributed by atoms with E-state index in [1.54, 1.807) is 37.6 Å². The van der Waals surface area contributed by atoms with E-state index in [4.69, 9.17) is 0 Å². The number of ether oxygens (including phenoxy) is 1. The molecule has 0 amide bonds. The molecule has 3 heterocycles. The van der Waals surface area contributed by atoms with Crippen LogP contribution in [0, 0.1) is 11.8 Å². The van der Waals surface area contributed by atoms with Gasteiger partial charge in [0, 0.05) is 42.8 Å². The molecule has 0 aliphatic carbocycles. The van der Waals surface area contributed by atoms with Gasteiger partial charge in [0.2, 0.25) is 0 Å². The largest absolute Gasteiger partial charge is 0.573 e. The van der Waals surface area contributed by atoms with Gasteiger partial charge in [0.05, 0.1) is 5.39 Å². The lowest BCUT2D eigenvalue weighted by Gasteiger charge is -2.38. The van der Waals surface area contributed by atoms with Gasteiger partial charge in [0.1, 0.15) is 5.75 Å². The van der Waals surface area contributed by atoms with Crippen LogP contribution in [0.15, 0.2) is 47.7 Å². The Hall–Kier alpha value is -2.87.